The van der Waals surface area contributed by atoms with Gasteiger partial charge in [-0.05, 0) is 40.8 Å². The third-order valence-electron chi connectivity index (χ3n) is 4.00. The van der Waals surface area contributed by atoms with Crippen molar-refractivity contribution in [1.29, 1.82) is 0 Å². The highest BCUT2D eigenvalue weighted by Crippen LogP contribution is 2.31. The van der Waals surface area contributed by atoms with Crippen molar-refractivity contribution in [3.8, 4) is 5.75 Å². The SMILES string of the molecule is CC(=O)OCC1O[C@H](Oc2cccc(I)c2)[C@H](OC(C)=O)C(OC(C)=O)[C@@H]1OC(C)=O. The van der Waals surface area contributed by atoms with Crippen LogP contribution in [0.5, 0.6) is 5.75 Å². The zero-order chi connectivity index (χ0) is 23.1. The van der Waals surface area contributed by atoms with Gasteiger partial charge in [-0.2, -0.15) is 0 Å². The second kappa shape index (κ2) is 11.3. The molecule has 170 valence electrons. The number of carbonyl (C=O) groups is 4. The zero-order valence-corrected chi connectivity index (χ0v) is 19.5. The van der Waals surface area contributed by atoms with Crippen LogP contribution in [0.15, 0.2) is 24.3 Å². The molecule has 1 aromatic rings. The van der Waals surface area contributed by atoms with Gasteiger partial charge in [0.15, 0.2) is 12.2 Å². The molecule has 0 bridgehead atoms. The summed E-state index contributed by atoms with van der Waals surface area (Å²) in [5.41, 5.74) is 0. The van der Waals surface area contributed by atoms with Gasteiger partial charge in [0, 0.05) is 31.3 Å². The van der Waals surface area contributed by atoms with Crippen LogP contribution in [0.3, 0.4) is 0 Å². The van der Waals surface area contributed by atoms with Gasteiger partial charge in [-0.15, -0.1) is 0 Å². The third-order valence-corrected chi connectivity index (χ3v) is 4.67. The quantitative estimate of drug-likeness (QED) is 0.282. The summed E-state index contributed by atoms with van der Waals surface area (Å²) in [5.74, 6) is -2.29. The van der Waals surface area contributed by atoms with Gasteiger partial charge in [0.05, 0.1) is 0 Å². The Morgan fingerprint density at radius 3 is 2.00 bits per heavy atom. The van der Waals surface area contributed by atoms with E-state index in [9.17, 15) is 19.2 Å². The molecule has 1 aliphatic rings. The summed E-state index contributed by atoms with van der Waals surface area (Å²) in [4.78, 5) is 46.6. The second-order valence-electron chi connectivity index (χ2n) is 6.64. The lowest BCUT2D eigenvalue weighted by molar-refractivity contribution is -0.288. The molecule has 0 aliphatic carbocycles. The largest absolute Gasteiger partial charge is 0.463 e. The Bertz CT molecular complexity index is 826. The summed E-state index contributed by atoms with van der Waals surface area (Å²) in [6.07, 6.45) is -6.07. The third kappa shape index (κ3) is 7.65. The summed E-state index contributed by atoms with van der Waals surface area (Å²) >= 11 is 2.10. The van der Waals surface area contributed by atoms with Crippen LogP contribution in [-0.4, -0.2) is 61.2 Å². The molecule has 1 heterocycles. The van der Waals surface area contributed by atoms with E-state index >= 15 is 0 Å². The number of hydrogen-bond acceptors (Lipinski definition) is 10. The second-order valence-corrected chi connectivity index (χ2v) is 7.89. The Morgan fingerprint density at radius 1 is 0.871 bits per heavy atom. The molecular formula is C20H23IO10. The minimum Gasteiger partial charge on any atom is -0.463 e. The number of benzene rings is 1. The number of hydrogen-bond donors (Lipinski definition) is 0. The Balaban J connectivity index is 2.44. The molecule has 10 nitrogen and oxygen atoms in total. The first kappa shape index (κ1) is 24.9. The van der Waals surface area contributed by atoms with E-state index in [0.29, 0.717) is 5.75 Å². The van der Waals surface area contributed by atoms with Crippen molar-refractivity contribution < 1.29 is 47.6 Å². The van der Waals surface area contributed by atoms with Gasteiger partial charge in [-0.3, -0.25) is 19.2 Å². The van der Waals surface area contributed by atoms with Crippen LogP contribution in [-0.2, 0) is 42.9 Å². The Kier molecular flexibility index (Phi) is 9.04. The fraction of sp³-hybridized carbons (Fsp3) is 0.500. The van der Waals surface area contributed by atoms with E-state index in [0.717, 1.165) is 17.4 Å². The lowest BCUT2D eigenvalue weighted by Gasteiger charge is -2.43. The maximum Gasteiger partial charge on any atom is 0.303 e. The molecule has 0 aromatic heterocycles. The maximum atomic E-state index is 11.8. The summed E-state index contributed by atoms with van der Waals surface area (Å²) in [6, 6.07) is 6.98. The van der Waals surface area contributed by atoms with Crippen LogP contribution in [0, 0.1) is 3.57 Å². The molecule has 2 rings (SSSR count). The molecule has 0 N–H and O–H groups in total. The maximum absolute atomic E-state index is 11.8. The fourth-order valence-electron chi connectivity index (χ4n) is 2.96. The molecule has 0 radical (unpaired) electrons. The molecule has 0 amide bonds. The molecular weight excluding hydrogens is 527 g/mol. The molecule has 0 saturated carbocycles. The highest BCUT2D eigenvalue weighted by atomic mass is 127. The Morgan fingerprint density at radius 2 is 1.45 bits per heavy atom. The lowest BCUT2D eigenvalue weighted by Crippen LogP contribution is -2.63. The monoisotopic (exact) mass is 550 g/mol. The van der Waals surface area contributed by atoms with Crippen molar-refractivity contribution in [1.82, 2.24) is 0 Å². The van der Waals surface area contributed by atoms with Crippen molar-refractivity contribution >= 4 is 46.5 Å². The topological polar surface area (TPSA) is 124 Å². The summed E-state index contributed by atoms with van der Waals surface area (Å²) in [7, 11) is 0. The van der Waals surface area contributed by atoms with E-state index in [4.69, 9.17) is 28.4 Å². The van der Waals surface area contributed by atoms with Gasteiger partial charge in [-0.1, -0.05) is 6.07 Å². The number of ether oxygens (including phenoxy) is 6. The van der Waals surface area contributed by atoms with Gasteiger partial charge in [0.25, 0.3) is 0 Å². The first-order chi connectivity index (χ1) is 14.6. The molecule has 11 heteroatoms. The van der Waals surface area contributed by atoms with Crippen LogP contribution in [0.2, 0.25) is 0 Å². The molecule has 31 heavy (non-hydrogen) atoms. The number of carbonyl (C=O) groups excluding carboxylic acids is 4. The highest BCUT2D eigenvalue weighted by Gasteiger charge is 2.53. The first-order valence-electron chi connectivity index (χ1n) is 9.29. The standard InChI is InChI=1S/C20H23IO10/c1-10(22)26-9-16-17(27-11(2)23)18(28-12(3)24)19(29-13(4)25)20(31-16)30-15-7-5-6-14(21)8-15/h5-8,16-20H,9H2,1-4H3/t16?,17-,18?,19-,20+/m1/s1. The number of rotatable bonds is 7. The lowest BCUT2D eigenvalue weighted by atomic mass is 9.98. The molecule has 1 aromatic carbocycles. The average molecular weight is 550 g/mol. The average Bonchev–Trinajstić information content (AvgIpc) is 2.64. The van der Waals surface area contributed by atoms with E-state index in [1.54, 1.807) is 18.2 Å². The summed E-state index contributed by atoms with van der Waals surface area (Å²) < 4.78 is 33.6. The van der Waals surface area contributed by atoms with E-state index in [1.807, 2.05) is 6.07 Å². The fourth-order valence-corrected chi connectivity index (χ4v) is 3.47. The minimum atomic E-state index is -1.27. The van der Waals surface area contributed by atoms with Crippen LogP contribution in [0.25, 0.3) is 0 Å². The van der Waals surface area contributed by atoms with Crippen molar-refractivity contribution in [2.45, 2.75) is 58.4 Å². The van der Waals surface area contributed by atoms with Crippen LogP contribution >= 0.6 is 22.6 Å². The molecule has 5 atom stereocenters. The van der Waals surface area contributed by atoms with E-state index in [-0.39, 0.29) is 6.61 Å². The predicted octanol–water partition coefficient (Wildman–Crippen LogP) is 1.75. The van der Waals surface area contributed by atoms with Crippen LogP contribution in [0.4, 0.5) is 0 Å². The number of esters is 4. The van der Waals surface area contributed by atoms with Crippen LogP contribution < -0.4 is 4.74 Å². The molecule has 1 saturated heterocycles. The van der Waals surface area contributed by atoms with Crippen molar-refractivity contribution in [2.75, 3.05) is 6.61 Å². The van der Waals surface area contributed by atoms with Crippen molar-refractivity contribution in [2.24, 2.45) is 0 Å². The van der Waals surface area contributed by atoms with Crippen molar-refractivity contribution in [3.63, 3.8) is 0 Å². The molecule has 0 spiro atoms. The van der Waals surface area contributed by atoms with Gasteiger partial charge >= 0.3 is 23.9 Å². The van der Waals surface area contributed by atoms with E-state index in [2.05, 4.69) is 22.6 Å². The van der Waals surface area contributed by atoms with Gasteiger partial charge in [-0.25, -0.2) is 0 Å². The molecule has 2 unspecified atom stereocenters. The van der Waals surface area contributed by atoms with Gasteiger partial charge in [0.2, 0.25) is 12.4 Å². The highest BCUT2D eigenvalue weighted by molar-refractivity contribution is 14.1. The van der Waals surface area contributed by atoms with Gasteiger partial charge < -0.3 is 28.4 Å². The van der Waals surface area contributed by atoms with Crippen LogP contribution in [0.1, 0.15) is 27.7 Å². The molecule has 1 aliphatic heterocycles. The van der Waals surface area contributed by atoms with Gasteiger partial charge in [0.1, 0.15) is 18.5 Å². The van der Waals surface area contributed by atoms with E-state index in [1.165, 1.54) is 13.8 Å². The first-order valence-corrected chi connectivity index (χ1v) is 10.4. The summed E-state index contributed by atoms with van der Waals surface area (Å²) in [5, 5.41) is 0. The normalized spacial score (nSPS) is 25.1. The number of halogens is 1. The molecule has 1 fully saturated rings. The predicted molar refractivity (Wildman–Crippen MR) is 112 cm³/mol. The minimum absolute atomic E-state index is 0.315. The Hall–Kier alpha value is -2.41. The summed E-state index contributed by atoms with van der Waals surface area (Å²) in [6.45, 7) is 4.36. The smallest absolute Gasteiger partial charge is 0.303 e. The van der Waals surface area contributed by atoms with Crippen molar-refractivity contribution in [3.05, 3.63) is 27.8 Å². The van der Waals surface area contributed by atoms with E-state index < -0.39 is 54.6 Å². The zero-order valence-electron chi connectivity index (χ0n) is 17.4. The Labute approximate surface area is 192 Å².